The van der Waals surface area contributed by atoms with Gasteiger partial charge in [0.1, 0.15) is 0 Å². The predicted octanol–water partition coefficient (Wildman–Crippen LogP) is 6.69. The lowest BCUT2D eigenvalue weighted by molar-refractivity contribution is 0.544. The van der Waals surface area contributed by atoms with Crippen LogP contribution in [-0.2, 0) is 0 Å². The van der Waals surface area contributed by atoms with E-state index in [9.17, 15) is 0 Å². The van der Waals surface area contributed by atoms with Gasteiger partial charge in [-0.25, -0.2) is 0 Å². The summed E-state index contributed by atoms with van der Waals surface area (Å²) in [6, 6.07) is 0. The first-order valence-electron chi connectivity index (χ1n) is 7.51. The summed E-state index contributed by atoms with van der Waals surface area (Å²) in [5.74, 6) is 0. The van der Waals surface area contributed by atoms with Gasteiger partial charge in [0, 0.05) is 10.7 Å². The van der Waals surface area contributed by atoms with Gasteiger partial charge in [0.2, 0.25) is 0 Å². The Kier molecular flexibility index (Phi) is 15.5. The molecule has 0 fully saturated rings. The van der Waals surface area contributed by atoms with Crippen molar-refractivity contribution in [2.45, 2.75) is 89.4 Å². The van der Waals surface area contributed by atoms with E-state index in [-0.39, 0.29) is 0 Å². The van der Waals surface area contributed by atoms with Crippen LogP contribution in [0.15, 0.2) is 0 Å². The first-order chi connectivity index (χ1) is 8.31. The van der Waals surface area contributed by atoms with Gasteiger partial charge in [-0.1, -0.05) is 87.1 Å². The molecule has 0 aliphatic rings. The smallest absolute Gasteiger partial charge is 0.0344 e. The van der Waals surface area contributed by atoms with Crippen molar-refractivity contribution in [3.8, 4) is 0 Å². The van der Waals surface area contributed by atoms with Crippen LogP contribution in [0, 0.1) is 0 Å². The second-order valence-corrected chi connectivity index (χ2v) is 6.46. The molecule has 0 aromatic heterocycles. The van der Waals surface area contributed by atoms with Crippen LogP contribution in [-0.4, -0.2) is 10.7 Å². The van der Waals surface area contributed by atoms with Gasteiger partial charge in [0.25, 0.3) is 0 Å². The van der Waals surface area contributed by atoms with Crippen molar-refractivity contribution in [2.24, 2.45) is 0 Å². The molecule has 1 atom stereocenters. The molecule has 0 aliphatic heterocycles. The molecule has 0 N–H and O–H groups in total. The molecule has 0 saturated heterocycles. The number of hydrogen-bond donors (Lipinski definition) is 0. The van der Waals surface area contributed by atoms with E-state index >= 15 is 0 Å². The Morgan fingerprint density at radius 2 is 1.24 bits per heavy atom. The van der Waals surface area contributed by atoms with Gasteiger partial charge in [-0.2, -0.15) is 0 Å². The lowest BCUT2D eigenvalue weighted by Gasteiger charge is -2.06. The topological polar surface area (TPSA) is 0 Å². The van der Waals surface area contributed by atoms with E-state index in [2.05, 4.69) is 22.9 Å². The van der Waals surface area contributed by atoms with Crippen molar-refractivity contribution in [2.75, 3.05) is 5.33 Å². The largest absolute Gasteiger partial charge is 0.123 e. The SMILES string of the molecule is CCCCCCCCCCCCC(Cl)CCBr. The molecule has 0 amide bonds. The molecular formula is C15H30BrCl. The van der Waals surface area contributed by atoms with Gasteiger partial charge in [-0.3, -0.25) is 0 Å². The highest BCUT2D eigenvalue weighted by Crippen LogP contribution is 2.15. The molecule has 17 heavy (non-hydrogen) atoms. The number of halogens is 2. The Hall–Kier alpha value is 0.770. The van der Waals surface area contributed by atoms with Crippen molar-refractivity contribution in [1.29, 1.82) is 0 Å². The van der Waals surface area contributed by atoms with Crippen molar-refractivity contribution in [3.63, 3.8) is 0 Å². The maximum absolute atomic E-state index is 6.16. The Bertz CT molecular complexity index is 139. The summed E-state index contributed by atoms with van der Waals surface area (Å²) in [5.41, 5.74) is 0. The maximum atomic E-state index is 6.16. The van der Waals surface area contributed by atoms with E-state index in [0.717, 1.165) is 11.8 Å². The summed E-state index contributed by atoms with van der Waals surface area (Å²) in [7, 11) is 0. The molecular weight excluding hydrogens is 296 g/mol. The van der Waals surface area contributed by atoms with Crippen LogP contribution < -0.4 is 0 Å². The molecule has 2 heteroatoms. The fourth-order valence-electron chi connectivity index (χ4n) is 2.12. The molecule has 0 radical (unpaired) electrons. The summed E-state index contributed by atoms with van der Waals surface area (Å²) in [6.07, 6.45) is 16.4. The van der Waals surface area contributed by atoms with Crippen LogP contribution in [0.3, 0.4) is 0 Å². The van der Waals surface area contributed by atoms with Crippen molar-refractivity contribution in [3.05, 3.63) is 0 Å². The monoisotopic (exact) mass is 324 g/mol. The molecule has 0 spiro atoms. The van der Waals surface area contributed by atoms with Gasteiger partial charge in [-0.05, 0) is 12.8 Å². The van der Waals surface area contributed by atoms with E-state index in [4.69, 9.17) is 11.6 Å². The standard InChI is InChI=1S/C15H30BrCl/c1-2-3-4-5-6-7-8-9-10-11-12-15(17)13-14-16/h15H,2-14H2,1H3. The van der Waals surface area contributed by atoms with Crippen molar-refractivity contribution in [1.82, 2.24) is 0 Å². The quantitative estimate of drug-likeness (QED) is 0.261. The predicted molar refractivity (Wildman–Crippen MR) is 84.5 cm³/mol. The van der Waals surface area contributed by atoms with E-state index < -0.39 is 0 Å². The molecule has 0 aliphatic carbocycles. The van der Waals surface area contributed by atoms with E-state index in [1.165, 1.54) is 70.6 Å². The first kappa shape index (κ1) is 17.8. The molecule has 1 unspecified atom stereocenters. The van der Waals surface area contributed by atoms with E-state index in [1.54, 1.807) is 0 Å². The third-order valence-corrected chi connectivity index (χ3v) is 4.19. The zero-order valence-corrected chi connectivity index (χ0v) is 13.9. The lowest BCUT2D eigenvalue weighted by atomic mass is 10.0. The fraction of sp³-hybridized carbons (Fsp3) is 1.00. The van der Waals surface area contributed by atoms with Crippen LogP contribution >= 0.6 is 27.5 Å². The minimum Gasteiger partial charge on any atom is -0.123 e. The summed E-state index contributed by atoms with van der Waals surface area (Å²) in [5, 5.41) is 1.43. The van der Waals surface area contributed by atoms with Crippen molar-refractivity contribution >= 4 is 27.5 Å². The molecule has 0 heterocycles. The van der Waals surface area contributed by atoms with Crippen molar-refractivity contribution < 1.29 is 0 Å². The molecule has 0 aromatic rings. The van der Waals surface area contributed by atoms with Crippen LogP contribution in [0.25, 0.3) is 0 Å². The number of rotatable bonds is 13. The Morgan fingerprint density at radius 1 is 0.765 bits per heavy atom. The Morgan fingerprint density at radius 3 is 1.71 bits per heavy atom. The van der Waals surface area contributed by atoms with Gasteiger partial charge in [0.15, 0.2) is 0 Å². The lowest BCUT2D eigenvalue weighted by Crippen LogP contribution is -1.98. The third-order valence-electron chi connectivity index (χ3n) is 3.29. The van der Waals surface area contributed by atoms with Gasteiger partial charge < -0.3 is 0 Å². The summed E-state index contributed by atoms with van der Waals surface area (Å²) >= 11 is 9.60. The zero-order valence-electron chi connectivity index (χ0n) is 11.5. The average Bonchev–Trinajstić information content (AvgIpc) is 2.32. The normalized spacial score (nSPS) is 12.9. The Labute approximate surface area is 122 Å². The second-order valence-electron chi connectivity index (χ2n) is 5.05. The van der Waals surface area contributed by atoms with Gasteiger partial charge in [0.05, 0.1) is 0 Å². The summed E-state index contributed by atoms with van der Waals surface area (Å²) < 4.78 is 0. The number of hydrogen-bond acceptors (Lipinski definition) is 0. The fourth-order valence-corrected chi connectivity index (χ4v) is 3.20. The third kappa shape index (κ3) is 14.7. The van der Waals surface area contributed by atoms with Crippen LogP contribution in [0.5, 0.6) is 0 Å². The summed E-state index contributed by atoms with van der Waals surface area (Å²) in [6.45, 7) is 2.28. The minimum absolute atomic E-state index is 0.392. The minimum atomic E-state index is 0.392. The first-order valence-corrected chi connectivity index (χ1v) is 9.07. The number of alkyl halides is 2. The maximum Gasteiger partial charge on any atom is 0.0344 e. The van der Waals surface area contributed by atoms with Gasteiger partial charge >= 0.3 is 0 Å². The molecule has 0 rings (SSSR count). The highest BCUT2D eigenvalue weighted by Gasteiger charge is 2.02. The molecule has 0 nitrogen and oxygen atoms in total. The van der Waals surface area contributed by atoms with E-state index in [0.29, 0.717) is 5.38 Å². The van der Waals surface area contributed by atoms with Crippen LogP contribution in [0.4, 0.5) is 0 Å². The van der Waals surface area contributed by atoms with Crippen LogP contribution in [0.1, 0.15) is 84.0 Å². The highest BCUT2D eigenvalue weighted by atomic mass is 79.9. The molecule has 0 saturated carbocycles. The van der Waals surface area contributed by atoms with Crippen LogP contribution in [0.2, 0.25) is 0 Å². The molecule has 0 aromatic carbocycles. The molecule has 0 bridgehead atoms. The van der Waals surface area contributed by atoms with Gasteiger partial charge in [-0.15, -0.1) is 11.6 Å². The second kappa shape index (κ2) is 14.8. The average molecular weight is 326 g/mol. The highest BCUT2D eigenvalue weighted by molar-refractivity contribution is 9.09. The Balaban J connectivity index is 2.98. The number of unbranched alkanes of at least 4 members (excludes halogenated alkanes) is 9. The summed E-state index contributed by atoms with van der Waals surface area (Å²) in [4.78, 5) is 0. The van der Waals surface area contributed by atoms with E-state index in [1.807, 2.05) is 0 Å². The molecule has 104 valence electrons. The zero-order chi connectivity index (χ0) is 12.8.